The average Bonchev–Trinajstić information content (AvgIpc) is 2.29. The molecule has 2 aromatic rings. The number of rotatable bonds is 2. The standard InChI is InChI=1S/C12H9ClNO.2ClH.Li.Mg/c1-15-11-4-2-9(3-5-11)10-6-7-14-12(13)8-10;;;;/h2-5,7-8H,1H3;2*1H;;/q-1;;;+1;+2/p-2. The van der Waals surface area contributed by atoms with Crippen LogP contribution in [-0.2, 0) is 0 Å². The Balaban J connectivity index is -0.000000640. The van der Waals surface area contributed by atoms with E-state index in [4.69, 9.17) is 16.3 Å². The number of ether oxygens (including phenoxy) is 1. The molecule has 0 unspecified atom stereocenters. The first kappa shape index (κ1) is 24.4. The van der Waals surface area contributed by atoms with Crippen molar-refractivity contribution in [1.29, 1.82) is 0 Å². The fourth-order valence-electron chi connectivity index (χ4n) is 1.30. The maximum atomic E-state index is 5.80. The van der Waals surface area contributed by atoms with Gasteiger partial charge in [-0.1, -0.05) is 11.6 Å². The Labute approximate surface area is 158 Å². The molecule has 7 heteroatoms. The molecule has 19 heavy (non-hydrogen) atoms. The van der Waals surface area contributed by atoms with Gasteiger partial charge in [0, 0.05) is 0 Å². The molecule has 2 nitrogen and oxygen atoms in total. The van der Waals surface area contributed by atoms with Gasteiger partial charge in [-0.15, -0.1) is 23.8 Å². The van der Waals surface area contributed by atoms with Crippen LogP contribution in [0.1, 0.15) is 0 Å². The minimum Gasteiger partial charge on any atom is -1.00 e. The molecule has 0 aliphatic heterocycles. The quantitative estimate of drug-likeness (QED) is 0.312. The van der Waals surface area contributed by atoms with Crippen LogP contribution in [-0.4, -0.2) is 35.1 Å². The Morgan fingerprint density at radius 3 is 2.21 bits per heavy atom. The Bertz CT molecular complexity index is 471. The van der Waals surface area contributed by atoms with Crippen LogP contribution in [0.5, 0.6) is 5.75 Å². The zero-order chi connectivity index (χ0) is 10.7. The second-order valence-electron chi connectivity index (χ2n) is 3.01. The Hall–Kier alpha value is 0.404. The van der Waals surface area contributed by atoms with Gasteiger partial charge in [-0.3, -0.25) is 4.98 Å². The van der Waals surface area contributed by atoms with Gasteiger partial charge in [0.2, 0.25) is 0 Å². The first-order chi connectivity index (χ1) is 7.29. The molecule has 1 aromatic carbocycles. The maximum absolute atomic E-state index is 5.80. The van der Waals surface area contributed by atoms with E-state index in [1.54, 1.807) is 19.4 Å². The van der Waals surface area contributed by atoms with Crippen molar-refractivity contribution in [3.63, 3.8) is 0 Å². The maximum Gasteiger partial charge on any atom is 2.00 e. The van der Waals surface area contributed by atoms with Crippen molar-refractivity contribution in [3.05, 3.63) is 47.7 Å². The molecule has 1 heterocycles. The average molecular weight is 321 g/mol. The van der Waals surface area contributed by atoms with E-state index >= 15 is 0 Å². The summed E-state index contributed by atoms with van der Waals surface area (Å²) < 4.78 is 5.08. The van der Waals surface area contributed by atoms with Crippen LogP contribution < -0.4 is 48.4 Å². The van der Waals surface area contributed by atoms with Crippen molar-refractivity contribution in [2.45, 2.75) is 0 Å². The first-order valence-electron chi connectivity index (χ1n) is 4.47. The number of hydrogen-bond acceptors (Lipinski definition) is 2. The van der Waals surface area contributed by atoms with Crippen LogP contribution in [0.3, 0.4) is 0 Å². The van der Waals surface area contributed by atoms with Gasteiger partial charge in [-0.25, -0.2) is 0 Å². The van der Waals surface area contributed by atoms with Crippen molar-refractivity contribution >= 4 is 34.7 Å². The third-order valence-electron chi connectivity index (χ3n) is 2.07. The minimum absolute atomic E-state index is 0. The van der Waals surface area contributed by atoms with Crippen molar-refractivity contribution in [2.75, 3.05) is 7.11 Å². The number of pyridine rings is 1. The summed E-state index contributed by atoms with van der Waals surface area (Å²) in [6, 6.07) is 12.5. The minimum atomic E-state index is 0. The van der Waals surface area contributed by atoms with E-state index in [0.717, 1.165) is 16.9 Å². The molecule has 2 rings (SSSR count). The summed E-state index contributed by atoms with van der Waals surface area (Å²) in [6.45, 7) is 0. The van der Waals surface area contributed by atoms with Crippen LogP contribution >= 0.6 is 11.6 Å². The molecular weight excluding hydrogens is 312 g/mol. The van der Waals surface area contributed by atoms with Crippen LogP contribution in [0.4, 0.5) is 0 Å². The van der Waals surface area contributed by atoms with Gasteiger partial charge < -0.3 is 29.6 Å². The Kier molecular flexibility index (Phi) is 15.6. The summed E-state index contributed by atoms with van der Waals surface area (Å²) in [6.07, 6.45) is 1.57. The molecule has 0 spiro atoms. The van der Waals surface area contributed by atoms with E-state index in [9.17, 15) is 0 Å². The van der Waals surface area contributed by atoms with Gasteiger partial charge in [-0.2, -0.15) is 11.6 Å². The zero-order valence-electron chi connectivity index (χ0n) is 10.7. The van der Waals surface area contributed by atoms with Crippen LogP contribution in [0.15, 0.2) is 36.5 Å². The first-order valence-corrected chi connectivity index (χ1v) is 4.85. The summed E-state index contributed by atoms with van der Waals surface area (Å²) in [4.78, 5) is 3.88. The fourth-order valence-corrected chi connectivity index (χ4v) is 1.46. The van der Waals surface area contributed by atoms with E-state index in [1.165, 1.54) is 0 Å². The summed E-state index contributed by atoms with van der Waals surface area (Å²) in [5, 5.41) is 0.472. The predicted octanol–water partition coefficient (Wildman–Crippen LogP) is -6.16. The molecule has 0 aliphatic rings. The summed E-state index contributed by atoms with van der Waals surface area (Å²) >= 11 is 5.80. The number of aromatic nitrogens is 1. The van der Waals surface area contributed by atoms with Crippen LogP contribution in [0, 0.1) is 6.07 Å². The monoisotopic (exact) mass is 319 g/mol. The zero-order valence-corrected chi connectivity index (χ0v) is 14.3. The number of benzene rings is 1. The van der Waals surface area contributed by atoms with Crippen LogP contribution in [0.25, 0.3) is 11.1 Å². The molecule has 92 valence electrons. The molecule has 0 fully saturated rings. The second kappa shape index (κ2) is 12.2. The second-order valence-corrected chi connectivity index (χ2v) is 3.40. The SMILES string of the molecule is COc1ccc(-c2[c-]cnc(Cl)c2)cc1.[Cl-].[Cl-].[Li+].[Mg+2]. The van der Waals surface area contributed by atoms with E-state index < -0.39 is 0 Å². The molecule has 1 aromatic heterocycles. The van der Waals surface area contributed by atoms with Crippen molar-refractivity contribution in [2.24, 2.45) is 0 Å². The topological polar surface area (TPSA) is 22.1 Å². The van der Waals surface area contributed by atoms with Gasteiger partial charge in [0.1, 0.15) is 5.75 Å². The smallest absolute Gasteiger partial charge is 1.00 e. The van der Waals surface area contributed by atoms with Gasteiger partial charge in [0.25, 0.3) is 0 Å². The molecule has 0 saturated carbocycles. The Morgan fingerprint density at radius 2 is 1.74 bits per heavy atom. The molecular formula is C12H9Cl3LiMgNO. The van der Waals surface area contributed by atoms with Crippen molar-refractivity contribution in [1.82, 2.24) is 4.98 Å². The van der Waals surface area contributed by atoms with Gasteiger partial charge >= 0.3 is 41.9 Å². The summed E-state index contributed by atoms with van der Waals surface area (Å²) in [5.74, 6) is 0.832. The van der Waals surface area contributed by atoms with Gasteiger partial charge in [-0.05, 0) is 18.3 Å². The number of hydrogen-bond donors (Lipinski definition) is 0. The van der Waals surface area contributed by atoms with Crippen molar-refractivity contribution < 1.29 is 48.4 Å². The molecule has 0 atom stereocenters. The van der Waals surface area contributed by atoms with Crippen LogP contribution in [0.2, 0.25) is 5.15 Å². The van der Waals surface area contributed by atoms with Crippen molar-refractivity contribution in [3.8, 4) is 16.9 Å². The molecule has 0 bridgehead atoms. The molecule has 0 saturated heterocycles. The number of halogens is 3. The van der Waals surface area contributed by atoms with E-state index in [-0.39, 0.29) is 66.7 Å². The normalized spacial score (nSPS) is 7.89. The largest absolute Gasteiger partial charge is 2.00 e. The fraction of sp³-hybridized carbons (Fsp3) is 0.0833. The summed E-state index contributed by atoms with van der Waals surface area (Å²) in [5.41, 5.74) is 1.97. The summed E-state index contributed by atoms with van der Waals surface area (Å²) in [7, 11) is 1.64. The number of nitrogens with zero attached hydrogens (tertiary/aromatic N) is 1. The van der Waals surface area contributed by atoms with E-state index in [0.29, 0.717) is 5.15 Å². The van der Waals surface area contributed by atoms with Gasteiger partial charge in [0.15, 0.2) is 0 Å². The molecule has 0 aliphatic carbocycles. The van der Waals surface area contributed by atoms with E-state index in [2.05, 4.69) is 11.1 Å². The Morgan fingerprint density at radius 1 is 1.16 bits per heavy atom. The van der Waals surface area contributed by atoms with E-state index in [1.807, 2.05) is 24.3 Å². The predicted molar refractivity (Wildman–Crippen MR) is 65.8 cm³/mol. The molecule has 0 amide bonds. The third-order valence-corrected chi connectivity index (χ3v) is 2.28. The number of methoxy groups -OCH3 is 1. The molecule has 0 radical (unpaired) electrons. The van der Waals surface area contributed by atoms with Gasteiger partial charge in [0.05, 0.1) is 12.3 Å². The molecule has 0 N–H and O–H groups in total. The third kappa shape index (κ3) is 7.10.